The third-order valence-electron chi connectivity index (χ3n) is 3.25. The van der Waals surface area contributed by atoms with Gasteiger partial charge >= 0.3 is 6.09 Å². The van der Waals surface area contributed by atoms with Crippen molar-refractivity contribution in [2.24, 2.45) is 5.92 Å². The van der Waals surface area contributed by atoms with E-state index < -0.39 is 5.60 Å². The number of nitrogens with zero attached hydrogens (tertiary/aromatic N) is 3. The number of ether oxygens (including phenoxy) is 2. The molecule has 1 amide bonds. The standard InChI is InChI=1S/C15H22ClN3O3/c1-15(2,3)22-14(20)19-7-4-11(8-19)9-21-10-12-13(16)18-6-5-17-12/h5-6,11H,4,7-10H2,1-3H3/t11-/m0/s1. The lowest BCUT2D eigenvalue weighted by atomic mass is 10.1. The van der Waals surface area contributed by atoms with Gasteiger partial charge in [0, 0.05) is 31.4 Å². The normalized spacial score (nSPS) is 18.5. The number of halogens is 1. The van der Waals surface area contributed by atoms with E-state index in [9.17, 15) is 4.79 Å². The highest BCUT2D eigenvalue weighted by atomic mass is 35.5. The van der Waals surface area contributed by atoms with E-state index in [1.54, 1.807) is 17.3 Å². The maximum atomic E-state index is 12.0. The Balaban J connectivity index is 1.73. The topological polar surface area (TPSA) is 64.5 Å². The molecule has 0 saturated carbocycles. The summed E-state index contributed by atoms with van der Waals surface area (Å²) in [6, 6.07) is 0. The Bertz CT molecular complexity index is 519. The van der Waals surface area contributed by atoms with E-state index in [-0.39, 0.29) is 6.09 Å². The van der Waals surface area contributed by atoms with E-state index in [1.807, 2.05) is 20.8 Å². The molecule has 7 heteroatoms. The molecule has 2 rings (SSSR count). The van der Waals surface area contributed by atoms with Gasteiger partial charge < -0.3 is 14.4 Å². The predicted molar refractivity (Wildman–Crippen MR) is 82.6 cm³/mol. The highest BCUT2D eigenvalue weighted by Gasteiger charge is 2.29. The van der Waals surface area contributed by atoms with Crippen molar-refractivity contribution >= 4 is 17.7 Å². The van der Waals surface area contributed by atoms with Crippen LogP contribution in [0.1, 0.15) is 32.9 Å². The molecule has 0 aromatic carbocycles. The van der Waals surface area contributed by atoms with Gasteiger partial charge in [-0.15, -0.1) is 0 Å². The second-order valence-corrected chi connectivity index (χ2v) is 6.75. The van der Waals surface area contributed by atoms with Crippen molar-refractivity contribution < 1.29 is 14.3 Å². The zero-order valence-corrected chi connectivity index (χ0v) is 14.0. The molecule has 1 fully saturated rings. The first-order valence-electron chi connectivity index (χ1n) is 7.36. The van der Waals surface area contributed by atoms with E-state index in [2.05, 4.69) is 9.97 Å². The molecule has 0 bridgehead atoms. The quantitative estimate of drug-likeness (QED) is 0.850. The first-order valence-corrected chi connectivity index (χ1v) is 7.74. The lowest BCUT2D eigenvalue weighted by molar-refractivity contribution is 0.0271. The van der Waals surface area contributed by atoms with Crippen LogP contribution in [0, 0.1) is 5.92 Å². The number of carbonyl (C=O) groups excluding carboxylic acids is 1. The second kappa shape index (κ2) is 7.24. The molecule has 2 heterocycles. The second-order valence-electron chi connectivity index (χ2n) is 6.39. The summed E-state index contributed by atoms with van der Waals surface area (Å²) in [5.74, 6) is 0.308. The van der Waals surface area contributed by atoms with Gasteiger partial charge in [0.25, 0.3) is 0 Å². The molecule has 22 heavy (non-hydrogen) atoms. The van der Waals surface area contributed by atoms with E-state index in [0.717, 1.165) is 6.42 Å². The summed E-state index contributed by atoms with van der Waals surface area (Å²) >= 11 is 5.92. The third-order valence-corrected chi connectivity index (χ3v) is 3.57. The fourth-order valence-corrected chi connectivity index (χ4v) is 2.39. The number of rotatable bonds is 4. The molecule has 0 spiro atoms. The highest BCUT2D eigenvalue weighted by molar-refractivity contribution is 6.29. The number of carbonyl (C=O) groups is 1. The zero-order valence-electron chi connectivity index (χ0n) is 13.2. The third kappa shape index (κ3) is 5.10. The van der Waals surface area contributed by atoms with E-state index in [0.29, 0.717) is 43.1 Å². The molecule has 1 aliphatic rings. The average Bonchev–Trinajstić information content (AvgIpc) is 2.88. The minimum absolute atomic E-state index is 0.257. The van der Waals surface area contributed by atoms with Gasteiger partial charge in [-0.05, 0) is 27.2 Å². The lowest BCUT2D eigenvalue weighted by Crippen LogP contribution is -2.35. The Labute approximate surface area is 135 Å². The summed E-state index contributed by atoms with van der Waals surface area (Å²) in [5, 5.41) is 0.365. The summed E-state index contributed by atoms with van der Waals surface area (Å²) < 4.78 is 11.0. The lowest BCUT2D eigenvalue weighted by Gasteiger charge is -2.24. The minimum Gasteiger partial charge on any atom is -0.444 e. The number of aromatic nitrogens is 2. The molecule has 6 nitrogen and oxygen atoms in total. The van der Waals surface area contributed by atoms with Crippen molar-refractivity contribution in [2.75, 3.05) is 19.7 Å². The van der Waals surface area contributed by atoms with E-state index in [4.69, 9.17) is 21.1 Å². The molecule has 0 unspecified atom stereocenters. The molecule has 0 radical (unpaired) electrons. The Kier molecular flexibility index (Phi) is 5.58. The van der Waals surface area contributed by atoms with Crippen LogP contribution in [-0.4, -0.2) is 46.3 Å². The summed E-state index contributed by atoms with van der Waals surface area (Å²) in [7, 11) is 0. The van der Waals surface area contributed by atoms with Crippen LogP contribution >= 0.6 is 11.6 Å². The van der Waals surface area contributed by atoms with Crippen molar-refractivity contribution in [1.82, 2.24) is 14.9 Å². The Morgan fingerprint density at radius 3 is 2.82 bits per heavy atom. The molecular weight excluding hydrogens is 306 g/mol. The number of likely N-dealkylation sites (tertiary alicyclic amines) is 1. The van der Waals surface area contributed by atoms with Crippen LogP contribution in [0.25, 0.3) is 0 Å². The van der Waals surface area contributed by atoms with Gasteiger partial charge in [0.1, 0.15) is 11.3 Å². The largest absolute Gasteiger partial charge is 0.444 e. The Morgan fingerprint density at radius 1 is 1.41 bits per heavy atom. The predicted octanol–water partition coefficient (Wildman–Crippen LogP) is 2.90. The van der Waals surface area contributed by atoms with Gasteiger partial charge in [-0.1, -0.05) is 11.6 Å². The van der Waals surface area contributed by atoms with Gasteiger partial charge in [-0.2, -0.15) is 0 Å². The molecule has 1 saturated heterocycles. The monoisotopic (exact) mass is 327 g/mol. The van der Waals surface area contributed by atoms with Crippen LogP contribution in [0.3, 0.4) is 0 Å². The maximum absolute atomic E-state index is 12.0. The fourth-order valence-electron chi connectivity index (χ4n) is 2.23. The molecule has 1 atom stereocenters. The minimum atomic E-state index is -0.464. The number of hydrogen-bond acceptors (Lipinski definition) is 5. The summed E-state index contributed by atoms with van der Waals surface area (Å²) in [6.45, 7) is 7.85. The number of hydrogen-bond donors (Lipinski definition) is 0. The summed E-state index contributed by atoms with van der Waals surface area (Å²) in [6.07, 6.45) is 3.78. The van der Waals surface area contributed by atoms with Crippen LogP contribution in [0.15, 0.2) is 12.4 Å². The van der Waals surface area contributed by atoms with Crippen molar-refractivity contribution in [3.8, 4) is 0 Å². The zero-order chi connectivity index (χ0) is 16.2. The van der Waals surface area contributed by atoms with E-state index >= 15 is 0 Å². The highest BCUT2D eigenvalue weighted by Crippen LogP contribution is 2.20. The Morgan fingerprint density at radius 2 is 2.14 bits per heavy atom. The molecule has 1 aromatic heterocycles. The molecular formula is C15H22ClN3O3. The van der Waals surface area contributed by atoms with Crippen LogP contribution in [0.4, 0.5) is 4.79 Å². The summed E-state index contributed by atoms with van der Waals surface area (Å²) in [5.41, 5.74) is 0.167. The molecule has 0 aliphatic carbocycles. The van der Waals surface area contributed by atoms with Crippen molar-refractivity contribution in [2.45, 2.75) is 39.4 Å². The molecule has 0 N–H and O–H groups in total. The fraction of sp³-hybridized carbons (Fsp3) is 0.667. The smallest absolute Gasteiger partial charge is 0.410 e. The molecule has 1 aromatic rings. The first kappa shape index (κ1) is 17.0. The average molecular weight is 328 g/mol. The van der Waals surface area contributed by atoms with Crippen LogP contribution in [-0.2, 0) is 16.1 Å². The van der Waals surface area contributed by atoms with Crippen molar-refractivity contribution in [3.05, 3.63) is 23.2 Å². The summed E-state index contributed by atoms with van der Waals surface area (Å²) in [4.78, 5) is 21.8. The van der Waals surface area contributed by atoms with Crippen molar-refractivity contribution in [3.63, 3.8) is 0 Å². The van der Waals surface area contributed by atoms with E-state index in [1.165, 1.54) is 0 Å². The van der Waals surface area contributed by atoms with Gasteiger partial charge in [0.05, 0.1) is 13.2 Å². The number of amides is 1. The van der Waals surface area contributed by atoms with Gasteiger partial charge in [0.2, 0.25) is 0 Å². The van der Waals surface area contributed by atoms with Crippen molar-refractivity contribution in [1.29, 1.82) is 0 Å². The SMILES string of the molecule is CC(C)(C)OC(=O)N1CC[C@H](COCc2nccnc2Cl)C1. The van der Waals surface area contributed by atoms with Gasteiger partial charge in [-0.25, -0.2) is 9.78 Å². The Hall–Kier alpha value is -1.40. The van der Waals surface area contributed by atoms with Crippen LogP contribution < -0.4 is 0 Å². The van der Waals surface area contributed by atoms with Crippen LogP contribution in [0.5, 0.6) is 0 Å². The molecule has 122 valence electrons. The maximum Gasteiger partial charge on any atom is 0.410 e. The first-order chi connectivity index (χ1) is 10.3. The van der Waals surface area contributed by atoms with Gasteiger partial charge in [-0.3, -0.25) is 4.98 Å². The molecule has 1 aliphatic heterocycles. The van der Waals surface area contributed by atoms with Crippen LogP contribution in [0.2, 0.25) is 5.15 Å². The van der Waals surface area contributed by atoms with Gasteiger partial charge in [0.15, 0.2) is 5.15 Å².